The molecule has 34 heavy (non-hydrogen) atoms. The Labute approximate surface area is 194 Å². The van der Waals surface area contributed by atoms with Gasteiger partial charge in [0, 0.05) is 12.8 Å². The van der Waals surface area contributed by atoms with E-state index in [-0.39, 0.29) is 25.7 Å². The summed E-state index contributed by atoms with van der Waals surface area (Å²) in [7, 11) is 0. The smallest absolute Gasteiger partial charge is 0.326 e. The van der Waals surface area contributed by atoms with Crippen molar-refractivity contribution in [2.75, 3.05) is 0 Å². The quantitative estimate of drug-likeness (QED) is 0.109. The van der Waals surface area contributed by atoms with Crippen LogP contribution in [0.5, 0.6) is 0 Å². The van der Waals surface area contributed by atoms with E-state index in [1.165, 1.54) is 0 Å². The highest BCUT2D eigenvalue weighted by molar-refractivity contribution is 5.95. The van der Waals surface area contributed by atoms with Gasteiger partial charge < -0.3 is 42.7 Å². The van der Waals surface area contributed by atoms with Crippen molar-refractivity contribution in [3.05, 3.63) is 0 Å². The van der Waals surface area contributed by atoms with E-state index in [1.807, 2.05) is 5.32 Å². The number of hydrogen-bond donors (Lipinski definition) is 8. The Kier molecular flexibility index (Phi) is 12.8. The molecule has 4 unspecified atom stereocenters. The molecule has 0 aliphatic heterocycles. The fourth-order valence-corrected chi connectivity index (χ4v) is 2.67. The van der Waals surface area contributed by atoms with Gasteiger partial charge in [0.15, 0.2) is 0 Å². The Bertz CT molecular complexity index is 800. The van der Waals surface area contributed by atoms with Crippen LogP contribution < -0.4 is 27.4 Å². The molecule has 0 spiro atoms. The zero-order chi connectivity index (χ0) is 26.6. The minimum Gasteiger partial charge on any atom is -0.481 e. The van der Waals surface area contributed by atoms with Gasteiger partial charge in [0.25, 0.3) is 0 Å². The third-order valence-corrected chi connectivity index (χ3v) is 4.56. The summed E-state index contributed by atoms with van der Waals surface area (Å²) in [5.41, 5.74) is 10.6. The van der Waals surface area contributed by atoms with Crippen molar-refractivity contribution in [2.45, 2.75) is 70.1 Å². The molecule has 0 saturated heterocycles. The van der Waals surface area contributed by atoms with Gasteiger partial charge in [-0.15, -0.1) is 0 Å². The molecule has 4 amide bonds. The SMILES string of the molecule is CC(C)C(NC(=O)C(N)CCC(=O)O)C(=O)NC(CC(=O)O)C(=O)NC(CCC(N)=O)C(=O)O. The maximum absolute atomic E-state index is 12.7. The van der Waals surface area contributed by atoms with Gasteiger partial charge in [0.2, 0.25) is 23.6 Å². The lowest BCUT2D eigenvalue weighted by atomic mass is 10.0. The third-order valence-electron chi connectivity index (χ3n) is 4.56. The van der Waals surface area contributed by atoms with Crippen LogP contribution in [-0.4, -0.2) is 81.0 Å². The number of primary amides is 1. The highest BCUT2D eigenvalue weighted by Gasteiger charge is 2.32. The molecule has 4 atom stereocenters. The maximum Gasteiger partial charge on any atom is 0.326 e. The molecule has 192 valence electrons. The van der Waals surface area contributed by atoms with Gasteiger partial charge in [-0.2, -0.15) is 0 Å². The molecule has 0 aliphatic carbocycles. The molecular weight excluding hydrogens is 458 g/mol. The molecule has 10 N–H and O–H groups in total. The highest BCUT2D eigenvalue weighted by Crippen LogP contribution is 2.06. The fraction of sp³-hybridized carbons (Fsp3) is 0.632. The van der Waals surface area contributed by atoms with Crippen LogP contribution in [0.2, 0.25) is 0 Å². The molecule has 15 nitrogen and oxygen atoms in total. The first-order valence-corrected chi connectivity index (χ1v) is 10.3. The average Bonchev–Trinajstić information content (AvgIpc) is 2.70. The lowest BCUT2D eigenvalue weighted by molar-refractivity contribution is -0.144. The lowest BCUT2D eigenvalue weighted by Crippen LogP contribution is -2.58. The van der Waals surface area contributed by atoms with Gasteiger partial charge in [0.1, 0.15) is 18.1 Å². The van der Waals surface area contributed by atoms with Crippen LogP contribution in [0.3, 0.4) is 0 Å². The molecule has 0 aromatic rings. The zero-order valence-electron chi connectivity index (χ0n) is 18.8. The van der Waals surface area contributed by atoms with Crippen LogP contribution in [0, 0.1) is 5.92 Å². The summed E-state index contributed by atoms with van der Waals surface area (Å²) in [4.78, 5) is 81.5. The number of carboxylic acids is 3. The second-order valence-corrected chi connectivity index (χ2v) is 7.83. The summed E-state index contributed by atoms with van der Waals surface area (Å²) in [6, 6.07) is -5.78. The Morgan fingerprint density at radius 1 is 0.735 bits per heavy atom. The number of nitrogens with one attached hydrogen (secondary N) is 3. The average molecular weight is 489 g/mol. The number of carbonyl (C=O) groups is 7. The summed E-state index contributed by atoms with van der Waals surface area (Å²) in [5, 5.41) is 33.5. The van der Waals surface area contributed by atoms with Crippen molar-refractivity contribution in [1.29, 1.82) is 0 Å². The largest absolute Gasteiger partial charge is 0.481 e. The summed E-state index contributed by atoms with van der Waals surface area (Å²) >= 11 is 0. The van der Waals surface area contributed by atoms with Crippen molar-refractivity contribution in [2.24, 2.45) is 17.4 Å². The van der Waals surface area contributed by atoms with Gasteiger partial charge in [-0.1, -0.05) is 13.8 Å². The van der Waals surface area contributed by atoms with E-state index in [0.717, 1.165) is 0 Å². The van der Waals surface area contributed by atoms with Crippen molar-refractivity contribution >= 4 is 41.5 Å². The Morgan fingerprint density at radius 2 is 1.29 bits per heavy atom. The molecule has 0 fully saturated rings. The van der Waals surface area contributed by atoms with Crippen molar-refractivity contribution in [3.63, 3.8) is 0 Å². The molecule has 0 heterocycles. The van der Waals surface area contributed by atoms with Crippen LogP contribution in [0.1, 0.15) is 46.0 Å². The van der Waals surface area contributed by atoms with E-state index >= 15 is 0 Å². The molecule has 0 rings (SSSR count). The number of carbonyl (C=O) groups excluding carboxylic acids is 4. The third kappa shape index (κ3) is 11.8. The van der Waals surface area contributed by atoms with Crippen LogP contribution in [0.15, 0.2) is 0 Å². The predicted molar refractivity (Wildman–Crippen MR) is 114 cm³/mol. The molecule has 0 radical (unpaired) electrons. The van der Waals surface area contributed by atoms with Gasteiger partial charge in [0.05, 0.1) is 12.5 Å². The summed E-state index contributed by atoms with van der Waals surface area (Å²) in [6.07, 6.45) is -2.20. The number of rotatable bonds is 16. The molecule has 0 saturated carbocycles. The highest BCUT2D eigenvalue weighted by atomic mass is 16.4. The van der Waals surface area contributed by atoms with Gasteiger partial charge in [-0.05, 0) is 18.8 Å². The standard InChI is InChI=1S/C19H31N5O10/c1-8(2)15(24-16(30)9(20)3-6-13(26)27)18(32)23-11(7-14(28)29)17(31)22-10(19(33)34)4-5-12(21)25/h8-11,15H,3-7,20H2,1-2H3,(H2,21,25)(H,22,31)(H,23,32)(H,24,30)(H,26,27)(H,28,29)(H,33,34). The van der Waals surface area contributed by atoms with Gasteiger partial charge in [-0.3, -0.25) is 28.8 Å². The van der Waals surface area contributed by atoms with Gasteiger partial charge in [-0.25, -0.2) is 4.79 Å². The maximum atomic E-state index is 12.7. The van der Waals surface area contributed by atoms with Crippen LogP contribution in [0.4, 0.5) is 0 Å². The van der Waals surface area contributed by atoms with E-state index < -0.39 is 78.0 Å². The van der Waals surface area contributed by atoms with Crippen molar-refractivity contribution in [1.82, 2.24) is 16.0 Å². The van der Waals surface area contributed by atoms with Crippen LogP contribution in [0.25, 0.3) is 0 Å². The van der Waals surface area contributed by atoms with Crippen molar-refractivity contribution in [3.8, 4) is 0 Å². The Balaban J connectivity index is 5.43. The predicted octanol–water partition coefficient (Wildman–Crippen LogP) is -2.89. The minimum atomic E-state index is -1.71. The summed E-state index contributed by atoms with van der Waals surface area (Å²) in [6.45, 7) is 3.09. The first kappa shape index (κ1) is 30.2. The van der Waals surface area contributed by atoms with Crippen molar-refractivity contribution < 1.29 is 48.9 Å². The molecule has 0 aromatic heterocycles. The molecule has 0 bridgehead atoms. The number of carboxylic acid groups (broad SMARTS) is 3. The van der Waals surface area contributed by atoms with E-state index in [2.05, 4.69) is 10.6 Å². The lowest BCUT2D eigenvalue weighted by Gasteiger charge is -2.26. The number of nitrogens with two attached hydrogens (primary N) is 2. The van der Waals surface area contributed by atoms with E-state index in [1.54, 1.807) is 13.8 Å². The Morgan fingerprint density at radius 3 is 1.74 bits per heavy atom. The van der Waals surface area contributed by atoms with E-state index in [0.29, 0.717) is 0 Å². The minimum absolute atomic E-state index is 0.195. The number of hydrogen-bond acceptors (Lipinski definition) is 8. The molecular formula is C19H31N5O10. The summed E-state index contributed by atoms with van der Waals surface area (Å²) in [5.74, 6) is -8.42. The first-order valence-electron chi connectivity index (χ1n) is 10.3. The molecule has 0 aliphatic rings. The van der Waals surface area contributed by atoms with E-state index in [9.17, 15) is 38.7 Å². The Hall–Kier alpha value is -3.75. The van der Waals surface area contributed by atoms with Gasteiger partial charge >= 0.3 is 17.9 Å². The number of amides is 4. The fourth-order valence-electron chi connectivity index (χ4n) is 2.67. The first-order chi connectivity index (χ1) is 15.6. The topological polar surface area (TPSA) is 268 Å². The summed E-state index contributed by atoms with van der Waals surface area (Å²) < 4.78 is 0. The number of aliphatic carboxylic acids is 3. The van der Waals surface area contributed by atoms with E-state index in [4.69, 9.17) is 21.7 Å². The monoisotopic (exact) mass is 489 g/mol. The second-order valence-electron chi connectivity index (χ2n) is 7.83. The zero-order valence-corrected chi connectivity index (χ0v) is 18.8. The van der Waals surface area contributed by atoms with Crippen LogP contribution in [-0.2, 0) is 33.6 Å². The molecule has 15 heteroatoms. The molecule has 0 aromatic carbocycles. The van der Waals surface area contributed by atoms with Crippen LogP contribution >= 0.6 is 0 Å². The normalized spacial score (nSPS) is 14.2. The second kappa shape index (κ2) is 14.4.